The molecule has 4 nitrogen and oxygen atoms in total. The number of aromatic carboxylic acids is 1. The SMILES string of the molecule is CCCCCCCCC1(CCCCCCCC)c2ccccc2-c2ccc(-c3ccc4c(c3)C(CCCCCCCC)(CCCCCCOc3cccc(C(=O)O)n3)c3cc(-c5ccc6c(c5)C(CCCCCCCC)(CCCCCCCC)c5ccccc5-6)ccc3-4)cc21. The fourth-order valence-electron chi connectivity index (χ4n) is 17.8. The maximum atomic E-state index is 11.7. The summed E-state index contributed by atoms with van der Waals surface area (Å²) in [5.41, 5.74) is 23.5. The number of ether oxygens (including phenoxy) is 1. The molecule has 7 aromatic rings. The number of carbonyl (C=O) groups is 1. The summed E-state index contributed by atoms with van der Waals surface area (Å²) in [4.78, 5) is 16.0. The number of carboxylic acids is 1. The molecule has 1 N–H and O–H groups in total. The fourth-order valence-corrected chi connectivity index (χ4v) is 17.8. The van der Waals surface area contributed by atoms with Gasteiger partial charge in [0.25, 0.3) is 0 Å². The minimum absolute atomic E-state index is 0.0188. The Morgan fingerprint density at radius 1 is 0.305 bits per heavy atom. The van der Waals surface area contributed by atoms with Gasteiger partial charge < -0.3 is 9.84 Å². The number of carboxylic acid groups (broad SMARTS) is 1. The van der Waals surface area contributed by atoms with E-state index in [1.165, 1.54) is 280 Å². The molecule has 0 saturated heterocycles. The van der Waals surface area contributed by atoms with Crippen LogP contribution in [0.25, 0.3) is 55.6 Å². The highest BCUT2D eigenvalue weighted by molar-refractivity contribution is 5.90. The van der Waals surface area contributed by atoms with Crippen LogP contribution in [0.4, 0.5) is 0 Å². The summed E-state index contributed by atoms with van der Waals surface area (Å²) in [5.74, 6) is -0.646. The Kier molecular flexibility index (Phi) is 27.4. The third kappa shape index (κ3) is 17.2. The maximum absolute atomic E-state index is 11.7. The van der Waals surface area contributed by atoms with Gasteiger partial charge in [-0.2, -0.15) is 0 Å². The smallest absolute Gasteiger partial charge is 0.354 e. The molecule has 0 atom stereocenters. The Hall–Kier alpha value is -6.26. The molecule has 3 aliphatic rings. The Morgan fingerprint density at radius 3 is 0.895 bits per heavy atom. The van der Waals surface area contributed by atoms with Gasteiger partial charge in [0.2, 0.25) is 5.88 Å². The van der Waals surface area contributed by atoms with E-state index in [4.69, 9.17) is 4.74 Å². The summed E-state index contributed by atoms with van der Waals surface area (Å²) in [6.07, 6.45) is 50.6. The number of rotatable bonds is 46. The standard InChI is InChI=1S/C91H121NO3/c1-6-11-16-21-26-37-59-89(60-38-27-22-17-12-7-2)80-47-35-33-45-74(80)76-55-51-70(66-82(76)89)72-53-57-78-79-58-54-73(71-52-56-77-75-46-34-36-48-81(75)90(83(77)67-71,61-39-28-23-18-13-8-3)62-40-29-24-19-14-9-4)69-85(79)91(84(78)68-72,63-41-30-25-20-15-10-5)64-42-31-32-43-65-95-87-50-44-49-86(92-87)88(93)94/h33-36,44-58,66-69H,6-32,37-43,59-65H2,1-5H3,(H,93,94). The van der Waals surface area contributed by atoms with Crippen LogP contribution in [0.5, 0.6) is 5.88 Å². The quantitative estimate of drug-likeness (QED) is 0.0386. The molecule has 0 bridgehead atoms. The molecule has 10 rings (SSSR count). The Balaban J connectivity index is 1.04. The van der Waals surface area contributed by atoms with E-state index in [9.17, 15) is 9.90 Å². The number of unbranched alkanes of at least 4 members (excludes halogenated alkanes) is 28. The van der Waals surface area contributed by atoms with Crippen LogP contribution in [-0.4, -0.2) is 22.7 Å². The molecule has 6 aromatic carbocycles. The van der Waals surface area contributed by atoms with E-state index in [1.54, 1.807) is 45.5 Å². The van der Waals surface area contributed by atoms with Gasteiger partial charge in [0.15, 0.2) is 5.69 Å². The van der Waals surface area contributed by atoms with Crippen molar-refractivity contribution >= 4 is 5.97 Å². The van der Waals surface area contributed by atoms with Gasteiger partial charge >= 0.3 is 5.97 Å². The van der Waals surface area contributed by atoms with E-state index in [-0.39, 0.29) is 21.9 Å². The molecule has 0 amide bonds. The van der Waals surface area contributed by atoms with Gasteiger partial charge in [-0.05, 0) is 164 Å². The second-order valence-electron chi connectivity index (χ2n) is 29.6. The van der Waals surface area contributed by atoms with Crippen LogP contribution in [0.1, 0.15) is 335 Å². The van der Waals surface area contributed by atoms with Crippen molar-refractivity contribution < 1.29 is 14.6 Å². The van der Waals surface area contributed by atoms with E-state index < -0.39 is 5.97 Å². The molecule has 0 aliphatic heterocycles. The third-order valence-electron chi connectivity index (χ3n) is 23.0. The lowest BCUT2D eigenvalue weighted by Gasteiger charge is -2.34. The predicted molar refractivity (Wildman–Crippen MR) is 406 cm³/mol. The summed E-state index contributed by atoms with van der Waals surface area (Å²) < 4.78 is 6.09. The van der Waals surface area contributed by atoms with Crippen molar-refractivity contribution in [2.75, 3.05) is 6.61 Å². The van der Waals surface area contributed by atoms with Gasteiger partial charge in [0.05, 0.1) is 6.61 Å². The fraction of sp³-hybridized carbons (Fsp3) is 0.538. The van der Waals surface area contributed by atoms with Crippen molar-refractivity contribution in [3.8, 4) is 61.5 Å². The normalized spacial score (nSPS) is 14.1. The number of pyridine rings is 1. The highest BCUT2D eigenvalue weighted by Gasteiger charge is 2.46. The summed E-state index contributed by atoms with van der Waals surface area (Å²) in [6, 6.07) is 55.0. The zero-order valence-corrected chi connectivity index (χ0v) is 60.0. The molecule has 4 heteroatoms. The summed E-state index contributed by atoms with van der Waals surface area (Å²) in [5, 5.41) is 9.62. The first kappa shape index (κ1) is 71.5. The third-order valence-corrected chi connectivity index (χ3v) is 23.0. The van der Waals surface area contributed by atoms with Crippen LogP contribution in [0.2, 0.25) is 0 Å². The lowest BCUT2D eigenvalue weighted by molar-refractivity contribution is 0.0689. The first-order chi connectivity index (χ1) is 46.7. The lowest BCUT2D eigenvalue weighted by atomic mass is 9.69. The second kappa shape index (κ2) is 36.4. The minimum Gasteiger partial charge on any atom is -0.478 e. The van der Waals surface area contributed by atoms with Gasteiger partial charge in [-0.15, -0.1) is 0 Å². The summed E-state index contributed by atoms with van der Waals surface area (Å²) in [6.45, 7) is 12.2. The van der Waals surface area contributed by atoms with Crippen LogP contribution < -0.4 is 4.74 Å². The predicted octanol–water partition coefficient (Wildman–Crippen LogP) is 27.7. The molecular formula is C91H121NO3. The Morgan fingerprint density at radius 2 is 0.579 bits per heavy atom. The number of hydrogen-bond donors (Lipinski definition) is 1. The van der Waals surface area contributed by atoms with Gasteiger partial charge in [-0.25, -0.2) is 9.78 Å². The largest absolute Gasteiger partial charge is 0.478 e. The van der Waals surface area contributed by atoms with Crippen molar-refractivity contribution in [1.29, 1.82) is 0 Å². The average molecular weight is 1280 g/mol. The molecule has 0 spiro atoms. The van der Waals surface area contributed by atoms with Gasteiger partial charge in [-0.3, -0.25) is 0 Å². The molecule has 1 aromatic heterocycles. The van der Waals surface area contributed by atoms with Gasteiger partial charge in [0.1, 0.15) is 0 Å². The van der Waals surface area contributed by atoms with Crippen molar-refractivity contribution in [1.82, 2.24) is 4.98 Å². The highest BCUT2D eigenvalue weighted by atomic mass is 16.5. The van der Waals surface area contributed by atoms with E-state index in [0.29, 0.717) is 12.5 Å². The number of aromatic nitrogens is 1. The summed E-state index contributed by atoms with van der Waals surface area (Å²) >= 11 is 0. The number of fused-ring (bicyclic) bond motifs is 9. The van der Waals surface area contributed by atoms with Crippen LogP contribution >= 0.6 is 0 Å². The molecule has 0 radical (unpaired) electrons. The van der Waals surface area contributed by atoms with Crippen LogP contribution in [0.3, 0.4) is 0 Å². The van der Waals surface area contributed by atoms with Crippen LogP contribution in [0, 0.1) is 0 Å². The molecule has 0 fully saturated rings. The average Bonchev–Trinajstić information content (AvgIpc) is 1.58. The van der Waals surface area contributed by atoms with E-state index in [1.807, 2.05) is 0 Å². The number of benzene rings is 6. The first-order valence-electron chi connectivity index (χ1n) is 39.4. The molecule has 1 heterocycles. The van der Waals surface area contributed by atoms with E-state index >= 15 is 0 Å². The second-order valence-corrected chi connectivity index (χ2v) is 29.6. The van der Waals surface area contributed by atoms with Gasteiger partial charge in [-0.1, -0.05) is 350 Å². The van der Waals surface area contributed by atoms with Crippen molar-refractivity contribution in [3.05, 3.63) is 179 Å². The number of nitrogens with zero attached hydrogens (tertiary/aromatic N) is 1. The zero-order valence-electron chi connectivity index (χ0n) is 60.0. The molecule has 3 aliphatic carbocycles. The molecule has 0 saturated carbocycles. The first-order valence-corrected chi connectivity index (χ1v) is 39.4. The Labute approximate surface area is 576 Å². The van der Waals surface area contributed by atoms with E-state index in [2.05, 4.69) is 161 Å². The van der Waals surface area contributed by atoms with Crippen molar-refractivity contribution in [2.24, 2.45) is 0 Å². The molecular weight excluding hydrogens is 1160 g/mol. The zero-order chi connectivity index (χ0) is 66.1. The van der Waals surface area contributed by atoms with Crippen LogP contribution in [-0.2, 0) is 16.2 Å². The topological polar surface area (TPSA) is 59.4 Å². The summed E-state index contributed by atoms with van der Waals surface area (Å²) in [7, 11) is 0. The van der Waals surface area contributed by atoms with E-state index in [0.717, 1.165) is 38.5 Å². The van der Waals surface area contributed by atoms with Crippen LogP contribution in [0.15, 0.2) is 140 Å². The van der Waals surface area contributed by atoms with Crippen molar-refractivity contribution in [2.45, 2.75) is 308 Å². The minimum atomic E-state index is -1.03. The molecule has 95 heavy (non-hydrogen) atoms. The highest BCUT2D eigenvalue weighted by Crippen LogP contribution is 2.59. The van der Waals surface area contributed by atoms with Crippen molar-refractivity contribution in [3.63, 3.8) is 0 Å². The molecule has 0 unspecified atom stereocenters. The number of hydrogen-bond acceptors (Lipinski definition) is 3. The Bertz CT molecular complexity index is 3290. The lowest BCUT2D eigenvalue weighted by Crippen LogP contribution is -2.26. The monoisotopic (exact) mass is 1280 g/mol. The van der Waals surface area contributed by atoms with Gasteiger partial charge in [0, 0.05) is 22.3 Å². The molecule has 508 valence electrons. The maximum Gasteiger partial charge on any atom is 0.354 e.